The van der Waals surface area contributed by atoms with Crippen LogP contribution in [0.3, 0.4) is 0 Å². The van der Waals surface area contributed by atoms with Gasteiger partial charge in [0.15, 0.2) is 5.17 Å². The Labute approximate surface area is 105 Å². The summed E-state index contributed by atoms with van der Waals surface area (Å²) >= 11 is 1.72. The van der Waals surface area contributed by atoms with Crippen LogP contribution in [0.4, 0.5) is 11.4 Å². The maximum Gasteiger partial charge on any atom is 0.221 e. The van der Waals surface area contributed by atoms with Crippen molar-refractivity contribution >= 4 is 34.2 Å². The third-order valence-corrected chi connectivity index (χ3v) is 3.36. The van der Waals surface area contributed by atoms with Crippen molar-refractivity contribution in [2.24, 2.45) is 4.99 Å². The number of benzene rings is 1. The van der Waals surface area contributed by atoms with E-state index in [2.05, 4.69) is 22.5 Å². The molecular formula is C12H15N3OS. The van der Waals surface area contributed by atoms with Gasteiger partial charge in [-0.05, 0) is 25.1 Å². The highest BCUT2D eigenvalue weighted by Crippen LogP contribution is 2.21. The number of hydrogen-bond acceptors (Lipinski definition) is 4. The zero-order valence-electron chi connectivity index (χ0n) is 9.86. The molecule has 0 saturated carbocycles. The average molecular weight is 249 g/mol. The van der Waals surface area contributed by atoms with Crippen LogP contribution in [-0.2, 0) is 4.79 Å². The Morgan fingerprint density at radius 3 is 2.88 bits per heavy atom. The molecule has 1 aliphatic heterocycles. The van der Waals surface area contributed by atoms with Gasteiger partial charge >= 0.3 is 0 Å². The highest BCUT2D eigenvalue weighted by atomic mass is 32.2. The molecule has 5 heteroatoms. The summed E-state index contributed by atoms with van der Waals surface area (Å²) in [5.74, 6) is 0.955. The molecule has 1 aromatic carbocycles. The predicted octanol–water partition coefficient (Wildman–Crippen LogP) is 2.55. The molecule has 1 heterocycles. The number of carbonyl (C=O) groups excluding carboxylic acids is 1. The van der Waals surface area contributed by atoms with Crippen molar-refractivity contribution in [3.63, 3.8) is 0 Å². The van der Waals surface area contributed by atoms with Gasteiger partial charge in [0.2, 0.25) is 5.91 Å². The number of rotatable bonds is 2. The number of hydrogen-bond donors (Lipinski definition) is 2. The van der Waals surface area contributed by atoms with Crippen LogP contribution in [0.25, 0.3) is 0 Å². The van der Waals surface area contributed by atoms with E-state index in [1.54, 1.807) is 11.8 Å². The molecule has 1 aliphatic rings. The Kier molecular flexibility index (Phi) is 3.68. The first kappa shape index (κ1) is 12.0. The molecule has 0 aromatic heterocycles. The minimum absolute atomic E-state index is 0.0663. The summed E-state index contributed by atoms with van der Waals surface area (Å²) in [6, 6.07) is 7.99. The summed E-state index contributed by atoms with van der Waals surface area (Å²) in [6.07, 6.45) is 0. The maximum absolute atomic E-state index is 11.0. The van der Waals surface area contributed by atoms with Crippen LogP contribution in [0.1, 0.15) is 13.8 Å². The minimum Gasteiger partial charge on any atom is -0.335 e. The molecule has 0 spiro atoms. The van der Waals surface area contributed by atoms with Crippen LogP contribution in [-0.4, -0.2) is 22.9 Å². The number of amidine groups is 1. The van der Waals surface area contributed by atoms with Gasteiger partial charge in [-0.15, -0.1) is 0 Å². The monoisotopic (exact) mass is 249 g/mol. The fourth-order valence-corrected chi connectivity index (χ4v) is 2.46. The van der Waals surface area contributed by atoms with Gasteiger partial charge in [-0.2, -0.15) is 0 Å². The normalized spacial score (nSPS) is 18.7. The van der Waals surface area contributed by atoms with E-state index < -0.39 is 0 Å². The van der Waals surface area contributed by atoms with Crippen LogP contribution in [0, 0.1) is 0 Å². The van der Waals surface area contributed by atoms with Crippen molar-refractivity contribution in [3.8, 4) is 0 Å². The summed E-state index contributed by atoms with van der Waals surface area (Å²) in [7, 11) is 0. The topological polar surface area (TPSA) is 53.5 Å². The molecule has 1 aromatic rings. The van der Waals surface area contributed by atoms with Crippen LogP contribution < -0.4 is 10.6 Å². The van der Waals surface area contributed by atoms with E-state index in [1.165, 1.54) is 6.92 Å². The molecule has 1 amide bonds. The molecule has 2 rings (SSSR count). The number of anilines is 2. The minimum atomic E-state index is -0.0663. The van der Waals surface area contributed by atoms with Crippen molar-refractivity contribution < 1.29 is 4.79 Å². The van der Waals surface area contributed by atoms with Gasteiger partial charge in [0.25, 0.3) is 0 Å². The van der Waals surface area contributed by atoms with Crippen molar-refractivity contribution in [1.82, 2.24) is 0 Å². The SMILES string of the molecule is CC(=O)Nc1cccc(NC2=NC(C)CS2)c1. The largest absolute Gasteiger partial charge is 0.335 e. The summed E-state index contributed by atoms with van der Waals surface area (Å²) in [6.45, 7) is 3.59. The standard InChI is InChI=1S/C12H15N3OS/c1-8-7-17-12(13-8)15-11-5-3-4-10(6-11)14-9(2)16/h3-6,8H,7H2,1-2H3,(H,13,15)(H,14,16). The Morgan fingerprint density at radius 1 is 1.47 bits per heavy atom. The van der Waals surface area contributed by atoms with Gasteiger partial charge in [-0.3, -0.25) is 9.79 Å². The second-order valence-electron chi connectivity index (χ2n) is 3.98. The first-order chi connectivity index (χ1) is 8.13. The van der Waals surface area contributed by atoms with Crippen molar-refractivity contribution in [1.29, 1.82) is 0 Å². The Morgan fingerprint density at radius 2 is 2.24 bits per heavy atom. The van der Waals surface area contributed by atoms with E-state index in [-0.39, 0.29) is 5.91 Å². The molecule has 0 radical (unpaired) electrons. The van der Waals surface area contributed by atoms with E-state index in [4.69, 9.17) is 0 Å². The second kappa shape index (κ2) is 5.23. The predicted molar refractivity (Wildman–Crippen MR) is 73.7 cm³/mol. The number of thioether (sulfide) groups is 1. The van der Waals surface area contributed by atoms with Crippen LogP contribution in [0.15, 0.2) is 29.3 Å². The second-order valence-corrected chi connectivity index (χ2v) is 4.99. The fraction of sp³-hybridized carbons (Fsp3) is 0.333. The molecule has 0 saturated heterocycles. The van der Waals surface area contributed by atoms with Crippen LogP contribution in [0.2, 0.25) is 0 Å². The van der Waals surface area contributed by atoms with Gasteiger partial charge in [0.05, 0.1) is 6.04 Å². The van der Waals surface area contributed by atoms with E-state index in [9.17, 15) is 4.79 Å². The summed E-state index contributed by atoms with van der Waals surface area (Å²) in [4.78, 5) is 15.4. The van der Waals surface area contributed by atoms with Gasteiger partial charge in [-0.1, -0.05) is 17.8 Å². The third-order valence-electron chi connectivity index (χ3n) is 2.23. The smallest absolute Gasteiger partial charge is 0.221 e. The lowest BCUT2D eigenvalue weighted by molar-refractivity contribution is -0.114. The van der Waals surface area contributed by atoms with E-state index in [0.717, 1.165) is 22.3 Å². The molecule has 0 aliphatic carbocycles. The van der Waals surface area contributed by atoms with Crippen molar-refractivity contribution in [2.45, 2.75) is 19.9 Å². The number of carbonyl (C=O) groups is 1. The van der Waals surface area contributed by atoms with Gasteiger partial charge in [0.1, 0.15) is 0 Å². The first-order valence-electron chi connectivity index (χ1n) is 5.49. The zero-order chi connectivity index (χ0) is 12.3. The van der Waals surface area contributed by atoms with Crippen LogP contribution >= 0.6 is 11.8 Å². The molecule has 1 unspecified atom stereocenters. The third kappa shape index (κ3) is 3.49. The lowest BCUT2D eigenvalue weighted by Gasteiger charge is -2.07. The fourth-order valence-electron chi connectivity index (χ4n) is 1.54. The first-order valence-corrected chi connectivity index (χ1v) is 6.47. The highest BCUT2D eigenvalue weighted by molar-refractivity contribution is 8.14. The molecule has 1 atom stereocenters. The zero-order valence-corrected chi connectivity index (χ0v) is 10.7. The number of nitrogens with zero attached hydrogens (tertiary/aromatic N) is 1. The van der Waals surface area contributed by atoms with Gasteiger partial charge in [0, 0.05) is 24.1 Å². The molecule has 0 fully saturated rings. The molecule has 90 valence electrons. The Balaban J connectivity index is 2.06. The summed E-state index contributed by atoms with van der Waals surface area (Å²) in [5.41, 5.74) is 1.73. The molecule has 2 N–H and O–H groups in total. The Hall–Kier alpha value is -1.49. The van der Waals surface area contributed by atoms with E-state index in [0.29, 0.717) is 6.04 Å². The maximum atomic E-state index is 11.0. The van der Waals surface area contributed by atoms with Crippen LogP contribution in [0.5, 0.6) is 0 Å². The van der Waals surface area contributed by atoms with E-state index in [1.807, 2.05) is 24.3 Å². The molecule has 0 bridgehead atoms. The highest BCUT2D eigenvalue weighted by Gasteiger charge is 2.13. The van der Waals surface area contributed by atoms with Crippen molar-refractivity contribution in [2.75, 3.05) is 16.4 Å². The van der Waals surface area contributed by atoms with Crippen molar-refractivity contribution in [3.05, 3.63) is 24.3 Å². The number of nitrogens with one attached hydrogen (secondary N) is 2. The lowest BCUT2D eigenvalue weighted by atomic mass is 10.3. The Bertz CT molecular complexity index is 459. The van der Waals surface area contributed by atoms with Gasteiger partial charge < -0.3 is 10.6 Å². The molecule has 17 heavy (non-hydrogen) atoms. The lowest BCUT2D eigenvalue weighted by Crippen LogP contribution is -2.08. The van der Waals surface area contributed by atoms with Gasteiger partial charge in [-0.25, -0.2) is 0 Å². The number of amides is 1. The van der Waals surface area contributed by atoms with E-state index >= 15 is 0 Å². The average Bonchev–Trinajstić information content (AvgIpc) is 2.63. The molecule has 4 nitrogen and oxygen atoms in total. The summed E-state index contributed by atoms with van der Waals surface area (Å²) in [5, 5.41) is 6.94. The summed E-state index contributed by atoms with van der Waals surface area (Å²) < 4.78 is 0. The molecular weight excluding hydrogens is 234 g/mol. The number of aliphatic imine (C=N–C) groups is 1. The quantitative estimate of drug-likeness (QED) is 0.847.